The van der Waals surface area contributed by atoms with Gasteiger partial charge in [-0.15, -0.1) is 0 Å². The Morgan fingerprint density at radius 1 is 1.45 bits per heavy atom. The van der Waals surface area contributed by atoms with Gasteiger partial charge in [0.25, 0.3) is 0 Å². The number of hydrogen-bond acceptors (Lipinski definition) is 4. The Morgan fingerprint density at radius 2 is 2.14 bits per heavy atom. The first kappa shape index (κ1) is 17.7. The summed E-state index contributed by atoms with van der Waals surface area (Å²) in [4.78, 5) is 17.0. The monoisotopic (exact) mass is 311 g/mol. The van der Waals surface area contributed by atoms with Gasteiger partial charge >= 0.3 is 0 Å². The Kier molecular flexibility index (Phi) is 6.24. The summed E-state index contributed by atoms with van der Waals surface area (Å²) >= 11 is 0. The van der Waals surface area contributed by atoms with Crippen LogP contribution in [0.5, 0.6) is 0 Å². The van der Waals surface area contributed by atoms with Crippen LogP contribution in [0.1, 0.15) is 39.5 Å². The van der Waals surface area contributed by atoms with E-state index in [0.717, 1.165) is 65.0 Å². The first-order valence-electron chi connectivity index (χ1n) is 8.77. The molecule has 22 heavy (non-hydrogen) atoms. The summed E-state index contributed by atoms with van der Waals surface area (Å²) in [7, 11) is 1.96. The normalized spacial score (nSPS) is 29.3. The predicted molar refractivity (Wildman–Crippen MR) is 88.7 cm³/mol. The fraction of sp³-hybridized carbons (Fsp3) is 0.941. The van der Waals surface area contributed by atoms with Crippen LogP contribution in [0.25, 0.3) is 0 Å². The molecule has 5 nitrogen and oxygen atoms in total. The summed E-state index contributed by atoms with van der Waals surface area (Å²) in [5, 5.41) is 12.8. The minimum absolute atomic E-state index is 0.222. The third-order valence-electron chi connectivity index (χ3n) is 5.22. The Hall–Kier alpha value is -0.650. The number of hydrogen-bond donors (Lipinski definition) is 2. The largest absolute Gasteiger partial charge is 0.392 e. The van der Waals surface area contributed by atoms with Gasteiger partial charge in [-0.2, -0.15) is 0 Å². The summed E-state index contributed by atoms with van der Waals surface area (Å²) in [6.07, 6.45) is 4.09. The molecule has 0 radical (unpaired) electrons. The van der Waals surface area contributed by atoms with Crippen molar-refractivity contribution in [2.75, 3.05) is 46.3 Å². The van der Waals surface area contributed by atoms with E-state index in [1.165, 1.54) is 0 Å². The fourth-order valence-electron chi connectivity index (χ4n) is 3.90. The Morgan fingerprint density at radius 3 is 2.68 bits per heavy atom. The molecule has 0 aromatic rings. The summed E-state index contributed by atoms with van der Waals surface area (Å²) in [5.74, 6) is 0.894. The number of aliphatic hydroxyl groups is 1. The first-order valence-corrected chi connectivity index (χ1v) is 8.77. The number of rotatable bonds is 5. The van der Waals surface area contributed by atoms with Gasteiger partial charge in [0.1, 0.15) is 0 Å². The molecule has 2 atom stereocenters. The van der Waals surface area contributed by atoms with Gasteiger partial charge in [-0.25, -0.2) is 0 Å². The lowest BCUT2D eigenvalue weighted by Gasteiger charge is -2.39. The van der Waals surface area contributed by atoms with Crippen molar-refractivity contribution in [3.05, 3.63) is 0 Å². The third kappa shape index (κ3) is 4.67. The van der Waals surface area contributed by atoms with Gasteiger partial charge in [-0.05, 0) is 65.1 Å². The van der Waals surface area contributed by atoms with E-state index in [9.17, 15) is 9.90 Å². The van der Waals surface area contributed by atoms with E-state index < -0.39 is 0 Å². The molecule has 2 aliphatic heterocycles. The second kappa shape index (κ2) is 7.75. The van der Waals surface area contributed by atoms with Crippen molar-refractivity contribution >= 4 is 5.91 Å². The predicted octanol–water partition coefficient (Wildman–Crippen LogP) is 0.927. The van der Waals surface area contributed by atoms with Gasteiger partial charge < -0.3 is 20.2 Å². The van der Waals surface area contributed by atoms with Gasteiger partial charge in [0, 0.05) is 26.7 Å². The molecule has 0 spiro atoms. The third-order valence-corrected chi connectivity index (χ3v) is 5.22. The second-order valence-corrected chi connectivity index (χ2v) is 7.62. The van der Waals surface area contributed by atoms with E-state index in [2.05, 4.69) is 17.1 Å². The van der Waals surface area contributed by atoms with Crippen LogP contribution >= 0.6 is 0 Å². The summed E-state index contributed by atoms with van der Waals surface area (Å²) in [6, 6.07) is 0. The summed E-state index contributed by atoms with van der Waals surface area (Å²) < 4.78 is 0. The SMILES string of the molecule is CC(O)CN1CCC(CN(C)C(=O)C2(C)CCCNC2)CC1. The van der Waals surface area contributed by atoms with Gasteiger partial charge in [0.15, 0.2) is 0 Å². The molecule has 2 fully saturated rings. The number of β-amino-alcohol motifs (C(OH)–C–C–N with tert-alkyl or cyclic N) is 1. The number of carbonyl (C=O) groups excluding carboxylic acids is 1. The number of likely N-dealkylation sites (tertiary alicyclic amines) is 1. The number of aliphatic hydroxyl groups excluding tert-OH is 1. The van der Waals surface area contributed by atoms with Crippen LogP contribution in [0.4, 0.5) is 0 Å². The number of piperidine rings is 2. The molecule has 0 saturated carbocycles. The van der Waals surface area contributed by atoms with Crippen molar-refractivity contribution in [2.24, 2.45) is 11.3 Å². The average molecular weight is 311 g/mol. The highest BCUT2D eigenvalue weighted by atomic mass is 16.3. The first-order chi connectivity index (χ1) is 10.4. The molecular weight excluding hydrogens is 278 g/mol. The molecule has 0 aliphatic carbocycles. The molecule has 128 valence electrons. The lowest BCUT2D eigenvalue weighted by Crippen LogP contribution is -2.50. The molecule has 0 aromatic carbocycles. The summed E-state index contributed by atoms with van der Waals surface area (Å²) in [6.45, 7) is 9.51. The molecule has 0 aromatic heterocycles. The van der Waals surface area contributed by atoms with E-state index in [-0.39, 0.29) is 11.5 Å². The van der Waals surface area contributed by atoms with Crippen LogP contribution in [0.3, 0.4) is 0 Å². The van der Waals surface area contributed by atoms with Crippen molar-refractivity contribution in [1.82, 2.24) is 15.1 Å². The minimum atomic E-state index is -0.250. The highest BCUT2D eigenvalue weighted by Gasteiger charge is 2.37. The van der Waals surface area contributed by atoms with Crippen LogP contribution in [0.15, 0.2) is 0 Å². The van der Waals surface area contributed by atoms with Gasteiger partial charge in [-0.1, -0.05) is 0 Å². The zero-order chi connectivity index (χ0) is 16.2. The van der Waals surface area contributed by atoms with Crippen molar-refractivity contribution in [1.29, 1.82) is 0 Å². The van der Waals surface area contributed by atoms with E-state index in [4.69, 9.17) is 0 Å². The van der Waals surface area contributed by atoms with Crippen LogP contribution in [0, 0.1) is 11.3 Å². The standard InChI is InChI=1S/C17H33N3O2/c1-14(21)11-20-9-5-15(6-10-20)12-19(3)16(22)17(2)7-4-8-18-13-17/h14-15,18,21H,4-13H2,1-3H3. The molecule has 2 N–H and O–H groups in total. The number of nitrogens with zero attached hydrogens (tertiary/aromatic N) is 2. The van der Waals surface area contributed by atoms with Gasteiger partial charge in [0.05, 0.1) is 11.5 Å². The molecule has 2 saturated heterocycles. The van der Waals surface area contributed by atoms with Gasteiger partial charge in [-0.3, -0.25) is 4.79 Å². The van der Waals surface area contributed by atoms with E-state index in [1.54, 1.807) is 0 Å². The highest BCUT2D eigenvalue weighted by Crippen LogP contribution is 2.28. The molecule has 2 aliphatic rings. The van der Waals surface area contributed by atoms with Crippen molar-refractivity contribution < 1.29 is 9.90 Å². The molecule has 0 bridgehead atoms. The van der Waals surface area contributed by atoms with E-state index in [0.29, 0.717) is 11.8 Å². The maximum absolute atomic E-state index is 12.7. The average Bonchev–Trinajstić information content (AvgIpc) is 2.48. The Balaban J connectivity index is 1.77. The maximum Gasteiger partial charge on any atom is 0.229 e. The second-order valence-electron chi connectivity index (χ2n) is 7.62. The Bertz CT molecular complexity index is 359. The van der Waals surface area contributed by atoms with Crippen molar-refractivity contribution in [3.8, 4) is 0 Å². The van der Waals surface area contributed by atoms with E-state index in [1.807, 2.05) is 18.9 Å². The minimum Gasteiger partial charge on any atom is -0.392 e. The Labute approximate surface area is 135 Å². The van der Waals surface area contributed by atoms with Crippen LogP contribution < -0.4 is 5.32 Å². The van der Waals surface area contributed by atoms with Crippen LogP contribution in [-0.4, -0.2) is 73.2 Å². The van der Waals surface area contributed by atoms with Crippen molar-refractivity contribution in [2.45, 2.75) is 45.6 Å². The fourth-order valence-corrected chi connectivity index (χ4v) is 3.90. The topological polar surface area (TPSA) is 55.8 Å². The van der Waals surface area contributed by atoms with Gasteiger partial charge in [0.2, 0.25) is 5.91 Å². The lowest BCUT2D eigenvalue weighted by atomic mass is 9.81. The molecule has 2 rings (SSSR count). The number of amides is 1. The zero-order valence-electron chi connectivity index (χ0n) is 14.5. The van der Waals surface area contributed by atoms with E-state index >= 15 is 0 Å². The molecule has 5 heteroatoms. The summed E-state index contributed by atoms with van der Waals surface area (Å²) in [5.41, 5.74) is -0.222. The smallest absolute Gasteiger partial charge is 0.229 e. The molecule has 2 unspecified atom stereocenters. The van der Waals surface area contributed by atoms with Crippen LogP contribution in [-0.2, 0) is 4.79 Å². The maximum atomic E-state index is 12.7. The van der Waals surface area contributed by atoms with Crippen molar-refractivity contribution in [3.63, 3.8) is 0 Å². The molecular formula is C17H33N3O2. The quantitative estimate of drug-likeness (QED) is 0.793. The number of carbonyl (C=O) groups is 1. The molecule has 1 amide bonds. The highest BCUT2D eigenvalue weighted by molar-refractivity contribution is 5.82. The lowest BCUT2D eigenvalue weighted by molar-refractivity contribution is -0.141. The van der Waals surface area contributed by atoms with Crippen LogP contribution in [0.2, 0.25) is 0 Å². The molecule has 2 heterocycles. The zero-order valence-corrected chi connectivity index (χ0v) is 14.5. The number of nitrogens with one attached hydrogen (secondary N) is 1.